The largest absolute Gasteiger partial charge is 0.342 e. The van der Waals surface area contributed by atoms with Crippen molar-refractivity contribution < 1.29 is 13.2 Å². The van der Waals surface area contributed by atoms with Crippen LogP contribution in [-0.4, -0.2) is 49.9 Å². The summed E-state index contributed by atoms with van der Waals surface area (Å²) in [6.45, 7) is 6.86. The molecular formula is C11H25ClN2O3S. The Morgan fingerprint density at radius 3 is 2.06 bits per heavy atom. The van der Waals surface area contributed by atoms with Crippen molar-refractivity contribution in [1.29, 1.82) is 0 Å². The molecule has 1 amide bonds. The summed E-state index contributed by atoms with van der Waals surface area (Å²) in [5.41, 5.74) is 5.66. The quantitative estimate of drug-likeness (QED) is 0.782. The summed E-state index contributed by atoms with van der Waals surface area (Å²) in [6.07, 6.45) is 0. The Kier molecular flexibility index (Phi) is 8.85. The van der Waals surface area contributed by atoms with Gasteiger partial charge in [-0.2, -0.15) is 0 Å². The first-order chi connectivity index (χ1) is 7.62. The fraction of sp³-hybridized carbons (Fsp3) is 0.909. The van der Waals surface area contributed by atoms with Crippen LogP contribution < -0.4 is 5.73 Å². The molecule has 0 fully saturated rings. The number of nitrogens with two attached hydrogens (primary N) is 1. The number of carbonyl (C=O) groups is 1. The van der Waals surface area contributed by atoms with E-state index >= 15 is 0 Å². The number of sulfone groups is 1. The standard InChI is InChI=1S/C11H24N2O3S.ClH/c1-6-17(15,16)7-8(2)13(5)11(14)9(3)10(4)12;/h8-10H,6-7,12H2,1-5H3;1H. The molecule has 0 aliphatic rings. The smallest absolute Gasteiger partial charge is 0.226 e. The highest BCUT2D eigenvalue weighted by atomic mass is 35.5. The molecule has 110 valence electrons. The molecule has 0 radical (unpaired) electrons. The zero-order valence-corrected chi connectivity index (χ0v) is 13.3. The summed E-state index contributed by atoms with van der Waals surface area (Å²) in [5, 5.41) is 0. The minimum absolute atomic E-state index is 0. The van der Waals surface area contributed by atoms with Gasteiger partial charge in [0.15, 0.2) is 9.84 Å². The van der Waals surface area contributed by atoms with Crippen molar-refractivity contribution in [2.75, 3.05) is 18.6 Å². The molecule has 0 saturated carbocycles. The van der Waals surface area contributed by atoms with E-state index in [2.05, 4.69) is 0 Å². The van der Waals surface area contributed by atoms with E-state index in [4.69, 9.17) is 5.73 Å². The molecular weight excluding hydrogens is 276 g/mol. The van der Waals surface area contributed by atoms with E-state index in [1.807, 2.05) is 0 Å². The van der Waals surface area contributed by atoms with Gasteiger partial charge < -0.3 is 10.6 Å². The van der Waals surface area contributed by atoms with Gasteiger partial charge in [0.05, 0.1) is 11.7 Å². The zero-order valence-electron chi connectivity index (χ0n) is 11.7. The Labute approximate surface area is 116 Å². The van der Waals surface area contributed by atoms with Crippen LogP contribution in [0.4, 0.5) is 0 Å². The molecule has 0 aromatic rings. The predicted molar refractivity (Wildman–Crippen MR) is 76.6 cm³/mol. The summed E-state index contributed by atoms with van der Waals surface area (Å²) in [5.74, 6) is -0.315. The summed E-state index contributed by atoms with van der Waals surface area (Å²) < 4.78 is 23.0. The first-order valence-electron chi connectivity index (χ1n) is 5.85. The van der Waals surface area contributed by atoms with Crippen LogP contribution in [-0.2, 0) is 14.6 Å². The number of nitrogens with zero attached hydrogens (tertiary/aromatic N) is 1. The first-order valence-corrected chi connectivity index (χ1v) is 7.67. The van der Waals surface area contributed by atoms with Gasteiger partial charge in [-0.1, -0.05) is 13.8 Å². The molecule has 0 saturated heterocycles. The van der Waals surface area contributed by atoms with Gasteiger partial charge in [-0.3, -0.25) is 4.79 Å². The van der Waals surface area contributed by atoms with Gasteiger partial charge >= 0.3 is 0 Å². The molecule has 3 atom stereocenters. The lowest BCUT2D eigenvalue weighted by molar-refractivity contribution is -0.135. The lowest BCUT2D eigenvalue weighted by Crippen LogP contribution is -2.45. The van der Waals surface area contributed by atoms with Crippen LogP contribution in [0.25, 0.3) is 0 Å². The molecule has 5 nitrogen and oxygen atoms in total. The molecule has 0 rings (SSSR count). The zero-order chi connectivity index (χ0) is 13.8. The molecule has 0 aliphatic heterocycles. The van der Waals surface area contributed by atoms with Crippen molar-refractivity contribution in [1.82, 2.24) is 4.90 Å². The highest BCUT2D eigenvalue weighted by molar-refractivity contribution is 7.91. The molecule has 0 aliphatic carbocycles. The lowest BCUT2D eigenvalue weighted by Gasteiger charge is -2.28. The van der Waals surface area contributed by atoms with Gasteiger partial charge in [0, 0.05) is 24.9 Å². The van der Waals surface area contributed by atoms with Crippen LogP contribution in [0.1, 0.15) is 27.7 Å². The average Bonchev–Trinajstić information content (AvgIpc) is 2.25. The SMILES string of the molecule is CCS(=O)(=O)CC(C)N(C)C(=O)C(C)C(C)N.Cl. The molecule has 7 heteroatoms. The van der Waals surface area contributed by atoms with E-state index in [9.17, 15) is 13.2 Å². The van der Waals surface area contributed by atoms with Crippen molar-refractivity contribution in [2.24, 2.45) is 11.7 Å². The highest BCUT2D eigenvalue weighted by Crippen LogP contribution is 2.09. The maximum absolute atomic E-state index is 12.0. The van der Waals surface area contributed by atoms with Crippen LogP contribution in [0.15, 0.2) is 0 Å². The summed E-state index contributed by atoms with van der Waals surface area (Å²) in [4.78, 5) is 13.4. The van der Waals surface area contributed by atoms with Crippen molar-refractivity contribution in [3.63, 3.8) is 0 Å². The number of hydrogen-bond acceptors (Lipinski definition) is 4. The van der Waals surface area contributed by atoms with E-state index in [-0.39, 0.29) is 47.8 Å². The average molecular weight is 301 g/mol. The Morgan fingerprint density at radius 2 is 1.72 bits per heavy atom. The van der Waals surface area contributed by atoms with Crippen LogP contribution in [0.3, 0.4) is 0 Å². The molecule has 3 unspecified atom stereocenters. The third-order valence-electron chi connectivity index (χ3n) is 3.12. The maximum Gasteiger partial charge on any atom is 0.226 e. The molecule has 0 aromatic carbocycles. The van der Waals surface area contributed by atoms with Gasteiger partial charge in [0.25, 0.3) is 0 Å². The Balaban J connectivity index is 0. The Morgan fingerprint density at radius 1 is 1.28 bits per heavy atom. The molecule has 0 aromatic heterocycles. The van der Waals surface area contributed by atoms with E-state index in [0.29, 0.717) is 0 Å². The van der Waals surface area contributed by atoms with Gasteiger partial charge in [0.1, 0.15) is 0 Å². The number of amides is 1. The summed E-state index contributed by atoms with van der Waals surface area (Å²) in [7, 11) is -1.45. The van der Waals surface area contributed by atoms with Crippen molar-refractivity contribution >= 4 is 28.2 Å². The molecule has 0 bridgehead atoms. The van der Waals surface area contributed by atoms with E-state index < -0.39 is 9.84 Å². The minimum Gasteiger partial charge on any atom is -0.342 e. The van der Waals surface area contributed by atoms with Gasteiger partial charge in [-0.15, -0.1) is 12.4 Å². The van der Waals surface area contributed by atoms with Crippen molar-refractivity contribution in [3.05, 3.63) is 0 Å². The van der Waals surface area contributed by atoms with Gasteiger partial charge in [-0.05, 0) is 13.8 Å². The molecule has 2 N–H and O–H groups in total. The fourth-order valence-corrected chi connectivity index (χ4v) is 2.55. The third-order valence-corrected chi connectivity index (χ3v) is 4.99. The van der Waals surface area contributed by atoms with Crippen LogP contribution >= 0.6 is 12.4 Å². The first kappa shape index (κ1) is 20.0. The maximum atomic E-state index is 12.0. The van der Waals surface area contributed by atoms with Gasteiger partial charge in [0.2, 0.25) is 5.91 Å². The number of hydrogen-bond donors (Lipinski definition) is 1. The Hall–Kier alpha value is -0.330. The molecule has 0 heterocycles. The van der Waals surface area contributed by atoms with Gasteiger partial charge in [-0.25, -0.2) is 8.42 Å². The number of rotatable bonds is 6. The topological polar surface area (TPSA) is 80.5 Å². The minimum atomic E-state index is -3.07. The number of carbonyl (C=O) groups excluding carboxylic acids is 1. The highest BCUT2D eigenvalue weighted by Gasteiger charge is 2.26. The third kappa shape index (κ3) is 6.02. The van der Waals surface area contributed by atoms with Crippen LogP contribution in [0.2, 0.25) is 0 Å². The number of halogens is 1. The summed E-state index contributed by atoms with van der Waals surface area (Å²) in [6, 6.07) is -0.561. The predicted octanol–water partition coefficient (Wildman–Crippen LogP) is 0.673. The second-order valence-electron chi connectivity index (χ2n) is 4.64. The van der Waals surface area contributed by atoms with E-state index in [0.717, 1.165) is 0 Å². The monoisotopic (exact) mass is 300 g/mol. The normalized spacial score (nSPS) is 16.3. The van der Waals surface area contributed by atoms with Crippen LogP contribution in [0, 0.1) is 5.92 Å². The van der Waals surface area contributed by atoms with Crippen molar-refractivity contribution in [3.8, 4) is 0 Å². The fourth-order valence-electron chi connectivity index (χ4n) is 1.36. The second kappa shape index (κ2) is 7.96. The lowest BCUT2D eigenvalue weighted by atomic mass is 10.0. The Bertz CT molecular complexity index is 357. The van der Waals surface area contributed by atoms with Crippen LogP contribution in [0.5, 0.6) is 0 Å². The van der Waals surface area contributed by atoms with Crippen molar-refractivity contribution in [2.45, 2.75) is 39.8 Å². The van der Waals surface area contributed by atoms with E-state index in [1.165, 1.54) is 4.90 Å². The van der Waals surface area contributed by atoms with E-state index in [1.54, 1.807) is 34.7 Å². The molecule has 18 heavy (non-hydrogen) atoms. The summed E-state index contributed by atoms with van der Waals surface area (Å²) >= 11 is 0. The second-order valence-corrected chi connectivity index (χ2v) is 7.04. The molecule has 0 spiro atoms.